The first-order valence-corrected chi connectivity index (χ1v) is 4.91. The van der Waals surface area contributed by atoms with Gasteiger partial charge in [0, 0.05) is 12.1 Å². The van der Waals surface area contributed by atoms with Gasteiger partial charge in [-0.1, -0.05) is 0 Å². The van der Waals surface area contributed by atoms with Crippen molar-refractivity contribution in [3.8, 4) is 11.5 Å². The smallest absolute Gasteiger partial charge is 0.122 e. The number of benzene rings is 1. The lowest BCUT2D eigenvalue weighted by molar-refractivity contribution is 0.428. The Morgan fingerprint density at radius 1 is 1.36 bits per heavy atom. The number of hydrogen-bond donors (Lipinski definition) is 3. The van der Waals surface area contributed by atoms with Gasteiger partial charge in [0.25, 0.3) is 0 Å². The van der Waals surface area contributed by atoms with Crippen molar-refractivity contribution < 1.29 is 10.2 Å². The molecule has 2 rings (SSSR count). The molecule has 1 aliphatic rings. The summed E-state index contributed by atoms with van der Waals surface area (Å²) in [5.41, 5.74) is 2.06. The highest BCUT2D eigenvalue weighted by Gasteiger charge is 2.20. The van der Waals surface area contributed by atoms with Crippen molar-refractivity contribution in [2.24, 2.45) is 0 Å². The molecule has 0 bridgehead atoms. The number of fused-ring (bicyclic) bond motifs is 1. The van der Waals surface area contributed by atoms with Gasteiger partial charge in [0.2, 0.25) is 0 Å². The van der Waals surface area contributed by atoms with Crippen LogP contribution in [0.25, 0.3) is 0 Å². The Morgan fingerprint density at radius 3 is 2.86 bits per heavy atom. The molecule has 0 radical (unpaired) electrons. The molecule has 76 valence electrons. The van der Waals surface area contributed by atoms with Crippen molar-refractivity contribution in [2.45, 2.75) is 25.3 Å². The molecule has 1 aliphatic carbocycles. The molecule has 0 aromatic heterocycles. The predicted octanol–water partition coefficient (Wildman–Crippen LogP) is 1.17. The van der Waals surface area contributed by atoms with Crippen LogP contribution in [0.3, 0.4) is 0 Å². The Labute approximate surface area is 83.4 Å². The molecule has 0 aliphatic heterocycles. The largest absolute Gasteiger partial charge is 0.508 e. The Kier molecular flexibility index (Phi) is 2.33. The minimum absolute atomic E-state index is 0.151. The van der Waals surface area contributed by atoms with Crippen molar-refractivity contribution >= 4 is 0 Å². The molecule has 3 nitrogen and oxygen atoms in total. The summed E-state index contributed by atoms with van der Waals surface area (Å²) in [6, 6.07) is 3.63. The summed E-state index contributed by atoms with van der Waals surface area (Å²) in [4.78, 5) is 0. The second-order valence-electron chi connectivity index (χ2n) is 3.83. The summed E-state index contributed by atoms with van der Waals surface area (Å²) in [6.45, 7) is 0. The van der Waals surface area contributed by atoms with Gasteiger partial charge in [-0.25, -0.2) is 0 Å². The third-order valence-electron chi connectivity index (χ3n) is 2.92. The molecule has 3 heteroatoms. The second kappa shape index (κ2) is 3.50. The van der Waals surface area contributed by atoms with E-state index in [0.29, 0.717) is 6.04 Å². The maximum absolute atomic E-state index is 9.62. The number of phenols is 2. The van der Waals surface area contributed by atoms with Gasteiger partial charge in [0.05, 0.1) is 0 Å². The molecule has 1 atom stereocenters. The second-order valence-corrected chi connectivity index (χ2v) is 3.83. The summed E-state index contributed by atoms with van der Waals surface area (Å²) in [5.74, 6) is 0.382. The summed E-state index contributed by atoms with van der Waals surface area (Å²) in [6.07, 6.45) is 2.81. The van der Waals surface area contributed by atoms with Gasteiger partial charge in [0.1, 0.15) is 11.5 Å². The Bertz CT molecular complexity index is 349. The fraction of sp³-hybridized carbons (Fsp3) is 0.455. The summed E-state index contributed by atoms with van der Waals surface area (Å²) < 4.78 is 0. The molecular formula is C11H15NO2. The van der Waals surface area contributed by atoms with E-state index in [1.54, 1.807) is 6.07 Å². The predicted molar refractivity (Wildman–Crippen MR) is 54.6 cm³/mol. The van der Waals surface area contributed by atoms with Crippen LogP contribution in [0, 0.1) is 0 Å². The average molecular weight is 193 g/mol. The van der Waals surface area contributed by atoms with Crippen molar-refractivity contribution in [2.75, 3.05) is 7.05 Å². The molecule has 0 amide bonds. The number of likely N-dealkylation sites (N-methyl/N-ethyl adjacent to an activating group) is 1. The van der Waals surface area contributed by atoms with Crippen LogP contribution in [0.1, 0.15) is 17.5 Å². The molecule has 14 heavy (non-hydrogen) atoms. The highest BCUT2D eigenvalue weighted by Crippen LogP contribution is 2.32. The molecule has 1 unspecified atom stereocenters. The Morgan fingerprint density at radius 2 is 2.14 bits per heavy atom. The van der Waals surface area contributed by atoms with E-state index in [-0.39, 0.29) is 11.5 Å². The summed E-state index contributed by atoms with van der Waals surface area (Å²) >= 11 is 0. The molecular weight excluding hydrogens is 178 g/mol. The fourth-order valence-corrected chi connectivity index (χ4v) is 2.10. The molecule has 0 heterocycles. The zero-order valence-corrected chi connectivity index (χ0v) is 8.25. The van der Waals surface area contributed by atoms with Gasteiger partial charge in [-0.2, -0.15) is 0 Å². The van der Waals surface area contributed by atoms with Gasteiger partial charge < -0.3 is 15.5 Å². The summed E-state index contributed by atoms with van der Waals surface area (Å²) in [5, 5.41) is 22.2. The lowest BCUT2D eigenvalue weighted by Crippen LogP contribution is -2.31. The van der Waals surface area contributed by atoms with E-state index in [4.69, 9.17) is 0 Å². The summed E-state index contributed by atoms with van der Waals surface area (Å²) in [7, 11) is 1.94. The van der Waals surface area contributed by atoms with E-state index in [0.717, 1.165) is 30.4 Å². The standard InChI is InChI=1S/C11H15NO2/c1-12-8-2-3-10-7(4-8)5-9(13)6-11(10)14/h5-6,8,12-14H,2-4H2,1H3. The van der Waals surface area contributed by atoms with Gasteiger partial charge in [0.15, 0.2) is 0 Å². The minimum Gasteiger partial charge on any atom is -0.508 e. The lowest BCUT2D eigenvalue weighted by Gasteiger charge is -2.24. The molecule has 0 fully saturated rings. The fourth-order valence-electron chi connectivity index (χ4n) is 2.10. The van der Waals surface area contributed by atoms with E-state index in [1.807, 2.05) is 7.05 Å². The monoisotopic (exact) mass is 193 g/mol. The van der Waals surface area contributed by atoms with Crippen LogP contribution < -0.4 is 5.32 Å². The molecule has 0 spiro atoms. The van der Waals surface area contributed by atoms with E-state index < -0.39 is 0 Å². The number of hydrogen-bond acceptors (Lipinski definition) is 3. The van der Waals surface area contributed by atoms with Crippen LogP contribution in [0.4, 0.5) is 0 Å². The van der Waals surface area contributed by atoms with Gasteiger partial charge in [-0.05, 0) is 43.5 Å². The van der Waals surface area contributed by atoms with E-state index in [2.05, 4.69) is 5.32 Å². The van der Waals surface area contributed by atoms with Crippen LogP contribution in [0.5, 0.6) is 11.5 Å². The Balaban J connectivity index is 2.37. The number of phenolic OH excluding ortho intramolecular Hbond substituents is 2. The number of rotatable bonds is 1. The van der Waals surface area contributed by atoms with Crippen molar-refractivity contribution in [3.63, 3.8) is 0 Å². The first-order valence-electron chi connectivity index (χ1n) is 4.91. The third-order valence-corrected chi connectivity index (χ3v) is 2.92. The lowest BCUT2D eigenvalue weighted by atomic mass is 9.87. The maximum Gasteiger partial charge on any atom is 0.122 e. The molecule has 1 aromatic rings. The maximum atomic E-state index is 9.62. The average Bonchev–Trinajstić information content (AvgIpc) is 2.16. The zero-order chi connectivity index (χ0) is 10.1. The van der Waals surface area contributed by atoms with Gasteiger partial charge >= 0.3 is 0 Å². The zero-order valence-electron chi connectivity index (χ0n) is 8.25. The minimum atomic E-state index is 0.151. The van der Waals surface area contributed by atoms with Crippen LogP contribution in [0.2, 0.25) is 0 Å². The van der Waals surface area contributed by atoms with Gasteiger partial charge in [-0.15, -0.1) is 0 Å². The van der Waals surface area contributed by atoms with Crippen molar-refractivity contribution in [1.82, 2.24) is 5.32 Å². The Hall–Kier alpha value is -1.22. The van der Waals surface area contributed by atoms with E-state index in [9.17, 15) is 10.2 Å². The highest BCUT2D eigenvalue weighted by molar-refractivity contribution is 5.46. The third kappa shape index (κ3) is 1.55. The number of aromatic hydroxyl groups is 2. The SMILES string of the molecule is CNC1CCc2c(O)cc(O)cc2C1. The molecule has 1 aromatic carbocycles. The first-order chi connectivity index (χ1) is 6.70. The molecule has 3 N–H and O–H groups in total. The normalized spacial score (nSPS) is 20.5. The van der Waals surface area contributed by atoms with E-state index in [1.165, 1.54) is 6.07 Å². The molecule has 0 saturated carbocycles. The number of nitrogens with one attached hydrogen (secondary N) is 1. The van der Waals surface area contributed by atoms with Crippen LogP contribution in [-0.4, -0.2) is 23.3 Å². The quantitative estimate of drug-likeness (QED) is 0.627. The van der Waals surface area contributed by atoms with Crippen LogP contribution in [0.15, 0.2) is 12.1 Å². The van der Waals surface area contributed by atoms with Crippen LogP contribution >= 0.6 is 0 Å². The van der Waals surface area contributed by atoms with E-state index >= 15 is 0 Å². The first kappa shape index (κ1) is 9.34. The van der Waals surface area contributed by atoms with Crippen LogP contribution in [-0.2, 0) is 12.8 Å². The van der Waals surface area contributed by atoms with Crippen molar-refractivity contribution in [3.05, 3.63) is 23.3 Å². The van der Waals surface area contributed by atoms with Gasteiger partial charge in [-0.3, -0.25) is 0 Å². The molecule has 0 saturated heterocycles. The highest BCUT2D eigenvalue weighted by atomic mass is 16.3. The van der Waals surface area contributed by atoms with Crippen molar-refractivity contribution in [1.29, 1.82) is 0 Å². The topological polar surface area (TPSA) is 52.5 Å².